The molecule has 3 N–H and O–H groups in total. The Morgan fingerprint density at radius 2 is 2.56 bits per heavy atom. The molecule has 1 aromatic rings. The number of hydrogen-bond donors (Lipinski definition) is 2. The molecule has 5 heteroatoms. The molecule has 1 aliphatic heterocycles. The lowest BCUT2D eigenvalue weighted by Crippen LogP contribution is -2.37. The van der Waals surface area contributed by atoms with E-state index in [9.17, 15) is 0 Å². The van der Waals surface area contributed by atoms with Crippen molar-refractivity contribution in [3.63, 3.8) is 0 Å². The number of nitrogens with two attached hydrogens (primary N) is 1. The molecule has 0 saturated carbocycles. The van der Waals surface area contributed by atoms with E-state index in [4.69, 9.17) is 14.9 Å². The van der Waals surface area contributed by atoms with Crippen molar-refractivity contribution in [2.24, 2.45) is 10.7 Å². The lowest BCUT2D eigenvalue weighted by atomic mass is 10.2. The van der Waals surface area contributed by atoms with Gasteiger partial charge in [0.15, 0.2) is 5.96 Å². The van der Waals surface area contributed by atoms with E-state index in [1.807, 2.05) is 6.07 Å². The Morgan fingerprint density at radius 3 is 3.25 bits per heavy atom. The summed E-state index contributed by atoms with van der Waals surface area (Å²) in [5.41, 5.74) is 6.74. The molecule has 1 saturated heterocycles. The molecule has 5 nitrogen and oxygen atoms in total. The Bertz CT molecular complexity index is 329. The van der Waals surface area contributed by atoms with E-state index < -0.39 is 0 Å². The van der Waals surface area contributed by atoms with Crippen LogP contribution in [0.4, 0.5) is 0 Å². The number of guanidine groups is 1. The maximum absolute atomic E-state index is 5.72. The average Bonchev–Trinajstić information content (AvgIpc) is 2.96. The van der Waals surface area contributed by atoms with Crippen molar-refractivity contribution in [2.45, 2.75) is 25.5 Å². The molecule has 2 rings (SSSR count). The Labute approximate surface area is 94.7 Å². The molecular formula is C11H17N3O2. The summed E-state index contributed by atoms with van der Waals surface area (Å²) in [5.74, 6) is 0.455. The highest BCUT2D eigenvalue weighted by molar-refractivity contribution is 5.77. The fourth-order valence-electron chi connectivity index (χ4n) is 1.64. The maximum Gasteiger partial charge on any atom is 0.189 e. The van der Waals surface area contributed by atoms with Gasteiger partial charge in [0, 0.05) is 18.7 Å². The third-order valence-electron chi connectivity index (χ3n) is 2.55. The second-order valence-corrected chi connectivity index (χ2v) is 3.85. The van der Waals surface area contributed by atoms with E-state index in [1.165, 1.54) is 0 Å². The van der Waals surface area contributed by atoms with E-state index in [-0.39, 0.29) is 6.10 Å². The number of hydrogen-bond acceptors (Lipinski definition) is 3. The molecule has 0 aliphatic carbocycles. The minimum Gasteiger partial charge on any atom is -0.472 e. The molecule has 0 aromatic carbocycles. The molecule has 0 radical (unpaired) electrons. The number of aliphatic imine (C=N–C) groups is 1. The van der Waals surface area contributed by atoms with Gasteiger partial charge in [-0.05, 0) is 18.9 Å². The molecule has 1 unspecified atom stereocenters. The summed E-state index contributed by atoms with van der Waals surface area (Å²) < 4.78 is 10.4. The van der Waals surface area contributed by atoms with Gasteiger partial charge in [0.2, 0.25) is 0 Å². The maximum atomic E-state index is 5.72. The second-order valence-electron chi connectivity index (χ2n) is 3.85. The zero-order chi connectivity index (χ0) is 11.2. The van der Waals surface area contributed by atoms with Crippen LogP contribution in [-0.2, 0) is 11.3 Å². The molecule has 16 heavy (non-hydrogen) atoms. The van der Waals surface area contributed by atoms with Crippen LogP contribution in [0, 0.1) is 0 Å². The van der Waals surface area contributed by atoms with Crippen molar-refractivity contribution >= 4 is 5.96 Å². The minimum absolute atomic E-state index is 0.280. The number of nitrogens with zero attached hydrogens (tertiary/aromatic N) is 1. The van der Waals surface area contributed by atoms with Gasteiger partial charge in [-0.1, -0.05) is 0 Å². The van der Waals surface area contributed by atoms with Crippen LogP contribution in [0.5, 0.6) is 0 Å². The second kappa shape index (κ2) is 5.55. The highest BCUT2D eigenvalue weighted by Crippen LogP contribution is 2.10. The van der Waals surface area contributed by atoms with Gasteiger partial charge in [0.05, 0.1) is 25.2 Å². The highest BCUT2D eigenvalue weighted by atomic mass is 16.5. The summed E-state index contributed by atoms with van der Waals surface area (Å²) in [6, 6.07) is 1.87. The molecule has 0 bridgehead atoms. The SMILES string of the molecule is NC(=NCc1ccoc1)NCC1CCCO1. The number of furan rings is 1. The number of ether oxygens (including phenoxy) is 1. The molecule has 1 atom stereocenters. The Kier molecular flexibility index (Phi) is 3.82. The van der Waals surface area contributed by atoms with Crippen molar-refractivity contribution in [3.05, 3.63) is 24.2 Å². The average molecular weight is 223 g/mol. The summed E-state index contributed by atoms with van der Waals surface area (Å²) in [5, 5.41) is 3.06. The van der Waals surface area contributed by atoms with Gasteiger partial charge >= 0.3 is 0 Å². The molecule has 0 spiro atoms. The summed E-state index contributed by atoms with van der Waals surface area (Å²) in [6.07, 6.45) is 5.81. The van der Waals surface area contributed by atoms with Crippen molar-refractivity contribution in [1.29, 1.82) is 0 Å². The van der Waals surface area contributed by atoms with E-state index in [0.29, 0.717) is 12.5 Å². The quantitative estimate of drug-likeness (QED) is 0.586. The van der Waals surface area contributed by atoms with E-state index in [0.717, 1.165) is 31.6 Å². The topological polar surface area (TPSA) is 72.8 Å². The molecule has 1 aliphatic rings. The fraction of sp³-hybridized carbons (Fsp3) is 0.545. The monoisotopic (exact) mass is 223 g/mol. The number of nitrogens with one attached hydrogen (secondary N) is 1. The first kappa shape index (κ1) is 11.0. The molecular weight excluding hydrogens is 206 g/mol. The van der Waals surface area contributed by atoms with Gasteiger partial charge in [0.1, 0.15) is 0 Å². The summed E-state index contributed by atoms with van der Waals surface area (Å²) in [7, 11) is 0. The molecule has 0 amide bonds. The predicted octanol–water partition coefficient (Wildman–Crippen LogP) is 0.863. The minimum atomic E-state index is 0.280. The molecule has 88 valence electrons. The van der Waals surface area contributed by atoms with Crippen LogP contribution in [0.15, 0.2) is 28.0 Å². The van der Waals surface area contributed by atoms with E-state index >= 15 is 0 Å². The smallest absolute Gasteiger partial charge is 0.189 e. The standard InChI is InChI=1S/C11H17N3O2/c12-11(13-6-9-3-5-15-8-9)14-7-10-2-1-4-16-10/h3,5,8,10H,1-2,4,6-7H2,(H3,12,13,14). The van der Waals surface area contributed by atoms with E-state index in [1.54, 1.807) is 12.5 Å². The Morgan fingerprint density at radius 1 is 1.62 bits per heavy atom. The van der Waals surface area contributed by atoms with Crippen LogP contribution in [0.2, 0.25) is 0 Å². The normalized spacial score (nSPS) is 21.2. The lowest BCUT2D eigenvalue weighted by Gasteiger charge is -2.10. The third kappa shape index (κ3) is 3.27. The molecule has 1 fully saturated rings. The Hall–Kier alpha value is -1.49. The van der Waals surface area contributed by atoms with Gasteiger partial charge in [-0.2, -0.15) is 0 Å². The summed E-state index contributed by atoms with van der Waals surface area (Å²) in [6.45, 7) is 2.14. The first-order chi connectivity index (χ1) is 7.84. The first-order valence-corrected chi connectivity index (χ1v) is 5.51. The van der Waals surface area contributed by atoms with Crippen LogP contribution in [0.3, 0.4) is 0 Å². The van der Waals surface area contributed by atoms with Crippen molar-refractivity contribution in [3.8, 4) is 0 Å². The zero-order valence-electron chi connectivity index (χ0n) is 9.19. The molecule has 1 aromatic heterocycles. The van der Waals surface area contributed by atoms with E-state index in [2.05, 4.69) is 10.3 Å². The summed E-state index contributed by atoms with van der Waals surface area (Å²) in [4.78, 5) is 4.20. The van der Waals surface area contributed by atoms with Gasteiger partial charge in [-0.3, -0.25) is 0 Å². The lowest BCUT2D eigenvalue weighted by molar-refractivity contribution is 0.114. The van der Waals surface area contributed by atoms with Crippen LogP contribution in [0.25, 0.3) is 0 Å². The largest absolute Gasteiger partial charge is 0.472 e. The molecule has 2 heterocycles. The Balaban J connectivity index is 1.70. The van der Waals surface area contributed by atoms with Gasteiger partial charge < -0.3 is 20.2 Å². The first-order valence-electron chi connectivity index (χ1n) is 5.51. The van der Waals surface area contributed by atoms with Gasteiger partial charge in [0.25, 0.3) is 0 Å². The third-order valence-corrected chi connectivity index (χ3v) is 2.55. The van der Waals surface area contributed by atoms with Crippen LogP contribution < -0.4 is 11.1 Å². The highest BCUT2D eigenvalue weighted by Gasteiger charge is 2.14. The predicted molar refractivity (Wildman–Crippen MR) is 61.0 cm³/mol. The fourth-order valence-corrected chi connectivity index (χ4v) is 1.64. The zero-order valence-corrected chi connectivity index (χ0v) is 9.19. The summed E-state index contributed by atoms with van der Waals surface area (Å²) >= 11 is 0. The number of rotatable bonds is 4. The van der Waals surface area contributed by atoms with Crippen molar-refractivity contribution in [2.75, 3.05) is 13.2 Å². The van der Waals surface area contributed by atoms with Crippen LogP contribution >= 0.6 is 0 Å². The van der Waals surface area contributed by atoms with Gasteiger partial charge in [-0.25, -0.2) is 4.99 Å². The van der Waals surface area contributed by atoms with Crippen LogP contribution in [0.1, 0.15) is 18.4 Å². The van der Waals surface area contributed by atoms with Crippen molar-refractivity contribution in [1.82, 2.24) is 5.32 Å². The van der Waals surface area contributed by atoms with Gasteiger partial charge in [-0.15, -0.1) is 0 Å². The van der Waals surface area contributed by atoms with Crippen LogP contribution in [-0.4, -0.2) is 25.2 Å². The van der Waals surface area contributed by atoms with Crippen molar-refractivity contribution < 1.29 is 9.15 Å².